The summed E-state index contributed by atoms with van der Waals surface area (Å²) in [6, 6.07) is 1.72. The molecule has 0 aliphatic carbocycles. The van der Waals surface area contributed by atoms with Crippen molar-refractivity contribution in [2.24, 2.45) is 0 Å². The van der Waals surface area contributed by atoms with Crippen LogP contribution in [0.4, 0.5) is 4.39 Å². The summed E-state index contributed by atoms with van der Waals surface area (Å²) in [5.74, 6) is 0. The van der Waals surface area contributed by atoms with Crippen LogP contribution in [-0.2, 0) is 29.1 Å². The van der Waals surface area contributed by atoms with Gasteiger partial charge in [-0.1, -0.05) is 0 Å². The monoisotopic (exact) mass is 515 g/mol. The molecule has 0 aromatic carbocycles. The SMILES string of the molecule is CC(C)OP(OC(C)C)C(F)(Cc1cncc(Br)c1)P(=O)(OC(C)C)OC(C)C. The van der Waals surface area contributed by atoms with Crippen LogP contribution in [0, 0.1) is 0 Å². The van der Waals surface area contributed by atoms with E-state index in [1.54, 1.807) is 67.7 Å². The number of aromatic nitrogens is 1. The lowest BCUT2D eigenvalue weighted by atomic mass is 10.2. The van der Waals surface area contributed by atoms with E-state index in [9.17, 15) is 4.57 Å². The summed E-state index contributed by atoms with van der Waals surface area (Å²) in [4.78, 5) is 4.09. The van der Waals surface area contributed by atoms with Crippen molar-refractivity contribution in [1.82, 2.24) is 4.98 Å². The second-order valence-electron chi connectivity index (χ2n) is 7.78. The Morgan fingerprint density at radius 2 is 1.48 bits per heavy atom. The zero-order chi connectivity index (χ0) is 22.4. The molecule has 29 heavy (non-hydrogen) atoms. The topological polar surface area (TPSA) is 66.9 Å². The van der Waals surface area contributed by atoms with E-state index in [0.717, 1.165) is 0 Å². The van der Waals surface area contributed by atoms with Crippen molar-refractivity contribution in [2.45, 2.75) is 91.4 Å². The summed E-state index contributed by atoms with van der Waals surface area (Å²) in [5.41, 5.74) is 0.522. The second kappa shape index (κ2) is 11.6. The van der Waals surface area contributed by atoms with E-state index in [0.29, 0.717) is 10.0 Å². The first-order chi connectivity index (χ1) is 13.3. The van der Waals surface area contributed by atoms with Crippen LogP contribution in [-0.4, -0.2) is 34.6 Å². The van der Waals surface area contributed by atoms with E-state index in [4.69, 9.17) is 18.1 Å². The van der Waals surface area contributed by atoms with E-state index in [-0.39, 0.29) is 18.6 Å². The highest BCUT2D eigenvalue weighted by Gasteiger charge is 2.61. The molecule has 1 heterocycles. The summed E-state index contributed by atoms with van der Waals surface area (Å²) < 4.78 is 54.6. The number of halogens is 2. The molecule has 0 fully saturated rings. The fourth-order valence-corrected chi connectivity index (χ4v) is 7.47. The summed E-state index contributed by atoms with van der Waals surface area (Å²) in [7, 11) is -6.62. The van der Waals surface area contributed by atoms with Crippen LogP contribution < -0.4 is 0 Å². The Bertz CT molecular complexity index is 668. The normalized spacial score (nSPS) is 15.1. The fraction of sp³-hybridized carbons (Fsp3) is 0.737. The van der Waals surface area contributed by atoms with Crippen LogP contribution in [0.5, 0.6) is 0 Å². The first kappa shape index (κ1) is 27.1. The van der Waals surface area contributed by atoms with Crippen molar-refractivity contribution in [3.8, 4) is 0 Å². The van der Waals surface area contributed by atoms with Gasteiger partial charge in [0.2, 0.25) is 8.38 Å². The van der Waals surface area contributed by atoms with Crippen molar-refractivity contribution >= 4 is 31.9 Å². The van der Waals surface area contributed by atoms with E-state index >= 15 is 4.39 Å². The summed E-state index contributed by atoms with van der Waals surface area (Å²) in [6.45, 7) is 13.8. The van der Waals surface area contributed by atoms with Crippen LogP contribution in [0.3, 0.4) is 0 Å². The van der Waals surface area contributed by atoms with E-state index in [1.807, 2.05) is 0 Å². The van der Waals surface area contributed by atoms with Crippen molar-refractivity contribution < 1.29 is 27.1 Å². The lowest BCUT2D eigenvalue weighted by molar-refractivity contribution is 0.0968. The zero-order valence-corrected chi connectivity index (χ0v) is 21.8. The molecule has 0 radical (unpaired) electrons. The van der Waals surface area contributed by atoms with Crippen LogP contribution in [0.2, 0.25) is 0 Å². The summed E-state index contributed by atoms with van der Waals surface area (Å²) >= 11 is 3.34. The van der Waals surface area contributed by atoms with E-state index < -0.39 is 33.3 Å². The Balaban J connectivity index is 3.59. The van der Waals surface area contributed by atoms with Gasteiger partial charge in [-0.05, 0) is 82.9 Å². The smallest absolute Gasteiger partial charge is 0.329 e. The first-order valence-corrected chi connectivity index (χ1v) is 13.2. The maximum atomic E-state index is 17.0. The molecule has 0 saturated carbocycles. The van der Waals surface area contributed by atoms with Gasteiger partial charge in [0.15, 0.2) is 0 Å². The van der Waals surface area contributed by atoms with Gasteiger partial charge in [-0.25, -0.2) is 4.39 Å². The molecule has 168 valence electrons. The predicted molar refractivity (Wildman–Crippen MR) is 119 cm³/mol. The van der Waals surface area contributed by atoms with Gasteiger partial charge in [-0.3, -0.25) is 9.55 Å². The number of hydrogen-bond acceptors (Lipinski definition) is 6. The van der Waals surface area contributed by atoms with Crippen LogP contribution >= 0.6 is 31.9 Å². The van der Waals surface area contributed by atoms with Crippen molar-refractivity contribution in [3.05, 3.63) is 28.5 Å². The quantitative estimate of drug-likeness (QED) is 0.274. The summed E-state index contributed by atoms with van der Waals surface area (Å²) in [5, 5.41) is -2.53. The number of rotatable bonds is 12. The van der Waals surface area contributed by atoms with Crippen LogP contribution in [0.25, 0.3) is 0 Å². The van der Waals surface area contributed by atoms with Gasteiger partial charge in [0.1, 0.15) is 0 Å². The fourth-order valence-electron chi connectivity index (χ4n) is 2.38. The van der Waals surface area contributed by atoms with Gasteiger partial charge in [0, 0.05) is 23.3 Å². The lowest BCUT2D eigenvalue weighted by Crippen LogP contribution is -2.32. The number of hydrogen-bond donors (Lipinski definition) is 0. The second-order valence-corrected chi connectivity index (χ2v) is 12.8. The van der Waals surface area contributed by atoms with Crippen molar-refractivity contribution in [3.63, 3.8) is 0 Å². The molecule has 0 aliphatic heterocycles. The van der Waals surface area contributed by atoms with Gasteiger partial charge in [0.05, 0.1) is 24.4 Å². The van der Waals surface area contributed by atoms with Gasteiger partial charge in [-0.15, -0.1) is 0 Å². The minimum Gasteiger partial charge on any atom is -0.329 e. The number of nitrogens with zero attached hydrogens (tertiary/aromatic N) is 1. The van der Waals surface area contributed by atoms with E-state index in [1.165, 1.54) is 6.20 Å². The Kier molecular flexibility index (Phi) is 10.9. The molecule has 1 unspecified atom stereocenters. The minimum atomic E-state index is -4.33. The minimum absolute atomic E-state index is 0.290. The van der Waals surface area contributed by atoms with Crippen LogP contribution in [0.1, 0.15) is 61.0 Å². The molecule has 0 saturated heterocycles. The molecule has 6 nitrogen and oxygen atoms in total. The van der Waals surface area contributed by atoms with Crippen molar-refractivity contribution in [1.29, 1.82) is 0 Å². The molecule has 1 aromatic rings. The highest BCUT2D eigenvalue weighted by molar-refractivity contribution is 9.10. The lowest BCUT2D eigenvalue weighted by Gasteiger charge is -2.39. The predicted octanol–water partition coefficient (Wildman–Crippen LogP) is 7.21. The average molecular weight is 516 g/mol. The highest BCUT2D eigenvalue weighted by atomic mass is 79.9. The Hall–Kier alpha value is 0.0600. The standard InChI is InChI=1S/C19H33BrFNO5P2/c1-13(2)24-28(25-14(3)4)19(21,10-17-9-18(20)12-22-11-17)29(23,26-15(5)6)27-16(7)8/h9,11-16H,10H2,1-8H3. The molecular formula is C19H33BrFNO5P2. The summed E-state index contributed by atoms with van der Waals surface area (Å²) in [6.07, 6.45) is 1.09. The van der Waals surface area contributed by atoms with Gasteiger partial charge in [-0.2, -0.15) is 0 Å². The Morgan fingerprint density at radius 1 is 1.00 bits per heavy atom. The van der Waals surface area contributed by atoms with Gasteiger partial charge >= 0.3 is 7.60 Å². The Labute approximate surface area is 183 Å². The van der Waals surface area contributed by atoms with Gasteiger partial charge < -0.3 is 18.1 Å². The molecule has 0 spiro atoms. The first-order valence-electron chi connectivity index (χ1n) is 9.68. The third-order valence-corrected chi connectivity index (χ3v) is 9.20. The Morgan fingerprint density at radius 3 is 1.86 bits per heavy atom. The maximum absolute atomic E-state index is 17.0. The molecule has 0 N–H and O–H groups in total. The van der Waals surface area contributed by atoms with Crippen LogP contribution in [0.15, 0.2) is 22.9 Å². The van der Waals surface area contributed by atoms with E-state index in [2.05, 4.69) is 20.9 Å². The molecule has 0 bridgehead atoms. The highest BCUT2D eigenvalue weighted by Crippen LogP contribution is 2.76. The molecule has 10 heteroatoms. The molecule has 0 aliphatic rings. The molecule has 1 aromatic heterocycles. The maximum Gasteiger partial charge on any atom is 0.377 e. The third-order valence-electron chi connectivity index (χ3n) is 3.20. The number of pyridine rings is 1. The molecular weight excluding hydrogens is 483 g/mol. The molecule has 1 atom stereocenters. The zero-order valence-electron chi connectivity index (χ0n) is 18.4. The van der Waals surface area contributed by atoms with Crippen molar-refractivity contribution in [2.75, 3.05) is 0 Å². The largest absolute Gasteiger partial charge is 0.377 e. The number of alkyl halides is 1. The molecule has 1 rings (SSSR count). The van der Waals surface area contributed by atoms with Gasteiger partial charge in [0.25, 0.3) is 5.15 Å². The average Bonchev–Trinajstić information content (AvgIpc) is 2.51. The third kappa shape index (κ3) is 8.25. The molecule has 0 amide bonds.